The van der Waals surface area contributed by atoms with Gasteiger partial charge in [0.15, 0.2) is 0 Å². The second-order valence-electron chi connectivity index (χ2n) is 5.02. The van der Waals surface area contributed by atoms with Crippen molar-refractivity contribution in [1.82, 2.24) is 0 Å². The number of ether oxygens (including phenoxy) is 4. The van der Waals surface area contributed by atoms with Gasteiger partial charge >= 0.3 is 5.97 Å². The first kappa shape index (κ1) is 16.4. The Labute approximate surface area is 143 Å². The highest BCUT2D eigenvalue weighted by molar-refractivity contribution is 7.21. The molecule has 0 N–H and O–H groups in total. The fraction of sp³-hybridized carbons (Fsp3) is 0.278. The molecule has 0 spiro atoms. The van der Waals surface area contributed by atoms with E-state index in [0.717, 1.165) is 20.9 Å². The Hall–Kier alpha value is -2.47. The van der Waals surface area contributed by atoms with Gasteiger partial charge in [0, 0.05) is 10.8 Å². The molecule has 5 nitrogen and oxygen atoms in total. The topological polar surface area (TPSA) is 54.0 Å². The lowest BCUT2D eigenvalue weighted by atomic mass is 10.0. The lowest BCUT2D eigenvalue weighted by Gasteiger charge is -2.14. The van der Waals surface area contributed by atoms with Crippen LogP contribution in [0, 0.1) is 0 Å². The molecule has 1 aromatic heterocycles. The largest absolute Gasteiger partial charge is 0.496 e. The van der Waals surface area contributed by atoms with Crippen LogP contribution >= 0.6 is 11.3 Å². The third-order valence-corrected chi connectivity index (χ3v) is 4.90. The molecular formula is C18H18O5S. The first-order chi connectivity index (χ1) is 11.7. The Morgan fingerprint density at radius 1 is 1.04 bits per heavy atom. The van der Waals surface area contributed by atoms with E-state index in [-0.39, 0.29) is 5.97 Å². The highest BCUT2D eigenvalue weighted by atomic mass is 32.1. The number of hydrogen-bond donors (Lipinski definition) is 0. The van der Waals surface area contributed by atoms with Crippen molar-refractivity contribution in [2.75, 3.05) is 27.9 Å². The number of benzene rings is 2. The SMILES string of the molecule is CCOC(=O)c1cc2c(OC)c3cccc(OC)c3c(OC)c2s1. The molecule has 0 radical (unpaired) electrons. The van der Waals surface area contributed by atoms with Crippen LogP contribution in [0.15, 0.2) is 24.3 Å². The summed E-state index contributed by atoms with van der Waals surface area (Å²) in [6.45, 7) is 2.11. The molecule has 1 heterocycles. The highest BCUT2D eigenvalue weighted by Crippen LogP contribution is 2.49. The number of esters is 1. The van der Waals surface area contributed by atoms with Gasteiger partial charge in [-0.2, -0.15) is 0 Å². The molecule has 0 bridgehead atoms. The van der Waals surface area contributed by atoms with Crippen molar-refractivity contribution in [3.63, 3.8) is 0 Å². The second kappa shape index (κ2) is 6.57. The molecule has 6 heteroatoms. The summed E-state index contributed by atoms with van der Waals surface area (Å²) in [7, 11) is 4.84. The summed E-state index contributed by atoms with van der Waals surface area (Å²) in [6.07, 6.45) is 0. The molecule has 0 saturated carbocycles. The molecule has 3 aromatic rings. The third kappa shape index (κ3) is 2.43. The molecule has 0 aliphatic carbocycles. The average Bonchev–Trinajstić information content (AvgIpc) is 3.04. The van der Waals surface area contributed by atoms with Crippen LogP contribution in [0.25, 0.3) is 20.9 Å². The van der Waals surface area contributed by atoms with E-state index in [4.69, 9.17) is 18.9 Å². The minimum Gasteiger partial charge on any atom is -0.496 e. The predicted octanol–water partition coefficient (Wildman–Crippen LogP) is 4.26. The number of thiophene rings is 1. The van der Waals surface area contributed by atoms with Gasteiger partial charge in [0.25, 0.3) is 0 Å². The zero-order valence-electron chi connectivity index (χ0n) is 14.0. The Bertz CT molecular complexity index is 913. The van der Waals surface area contributed by atoms with Crippen LogP contribution in [-0.2, 0) is 4.74 Å². The number of rotatable bonds is 5. The minimum atomic E-state index is -0.348. The highest BCUT2D eigenvalue weighted by Gasteiger charge is 2.22. The second-order valence-corrected chi connectivity index (χ2v) is 6.08. The molecule has 2 aromatic carbocycles. The third-order valence-electron chi connectivity index (χ3n) is 3.79. The molecule has 3 rings (SSSR count). The summed E-state index contributed by atoms with van der Waals surface area (Å²) in [6, 6.07) is 7.50. The first-order valence-corrected chi connectivity index (χ1v) is 8.29. The van der Waals surface area contributed by atoms with Gasteiger partial charge in [-0.15, -0.1) is 11.3 Å². The normalized spacial score (nSPS) is 10.8. The van der Waals surface area contributed by atoms with Crippen LogP contribution in [0.5, 0.6) is 17.2 Å². The number of hydrogen-bond acceptors (Lipinski definition) is 6. The van der Waals surface area contributed by atoms with Gasteiger partial charge in [0.2, 0.25) is 0 Å². The number of carbonyl (C=O) groups is 1. The van der Waals surface area contributed by atoms with E-state index in [1.807, 2.05) is 18.2 Å². The van der Waals surface area contributed by atoms with E-state index in [9.17, 15) is 4.79 Å². The van der Waals surface area contributed by atoms with E-state index >= 15 is 0 Å². The Balaban J connectivity index is 2.43. The number of carbonyl (C=O) groups excluding carboxylic acids is 1. The average molecular weight is 346 g/mol. The van der Waals surface area contributed by atoms with Crippen LogP contribution in [0.3, 0.4) is 0 Å². The monoisotopic (exact) mass is 346 g/mol. The van der Waals surface area contributed by atoms with Gasteiger partial charge in [0.1, 0.15) is 22.1 Å². The van der Waals surface area contributed by atoms with Crippen LogP contribution < -0.4 is 14.2 Å². The molecule has 24 heavy (non-hydrogen) atoms. The Morgan fingerprint density at radius 3 is 2.42 bits per heavy atom. The molecule has 0 fully saturated rings. The van der Waals surface area contributed by atoms with Gasteiger partial charge in [-0.1, -0.05) is 12.1 Å². The maximum atomic E-state index is 12.1. The molecule has 0 saturated heterocycles. The molecule has 0 atom stereocenters. The summed E-state index contributed by atoms with van der Waals surface area (Å²) in [4.78, 5) is 12.6. The number of methoxy groups -OCH3 is 3. The predicted molar refractivity (Wildman–Crippen MR) is 94.9 cm³/mol. The maximum absolute atomic E-state index is 12.1. The summed E-state index contributed by atoms with van der Waals surface area (Å²) in [5.74, 6) is 1.69. The molecular weight excluding hydrogens is 328 g/mol. The van der Waals surface area contributed by atoms with Crippen LogP contribution in [0.1, 0.15) is 16.6 Å². The molecule has 0 aliphatic rings. The zero-order valence-corrected chi connectivity index (χ0v) is 14.8. The van der Waals surface area contributed by atoms with Gasteiger partial charge in [-0.25, -0.2) is 4.79 Å². The quantitative estimate of drug-likeness (QED) is 0.646. The van der Waals surface area contributed by atoms with Gasteiger partial charge in [-0.3, -0.25) is 0 Å². The van der Waals surface area contributed by atoms with E-state index in [1.165, 1.54) is 11.3 Å². The van der Waals surface area contributed by atoms with Crippen molar-refractivity contribution in [1.29, 1.82) is 0 Å². The van der Waals surface area contributed by atoms with E-state index in [2.05, 4.69) is 0 Å². The summed E-state index contributed by atoms with van der Waals surface area (Å²) in [5.41, 5.74) is 0. The van der Waals surface area contributed by atoms with Crippen molar-refractivity contribution in [2.24, 2.45) is 0 Å². The first-order valence-electron chi connectivity index (χ1n) is 7.47. The van der Waals surface area contributed by atoms with Gasteiger partial charge in [-0.05, 0) is 19.1 Å². The van der Waals surface area contributed by atoms with E-state index in [0.29, 0.717) is 28.7 Å². The summed E-state index contributed by atoms with van der Waals surface area (Å²) < 4.78 is 22.7. The maximum Gasteiger partial charge on any atom is 0.348 e. The van der Waals surface area contributed by atoms with E-state index < -0.39 is 0 Å². The molecule has 126 valence electrons. The number of fused-ring (bicyclic) bond motifs is 2. The van der Waals surface area contributed by atoms with Crippen molar-refractivity contribution < 1.29 is 23.7 Å². The van der Waals surface area contributed by atoms with E-state index in [1.54, 1.807) is 34.3 Å². The molecule has 0 unspecified atom stereocenters. The summed E-state index contributed by atoms with van der Waals surface area (Å²) >= 11 is 1.33. The van der Waals surface area contributed by atoms with Crippen LogP contribution in [-0.4, -0.2) is 33.9 Å². The van der Waals surface area contributed by atoms with Crippen molar-refractivity contribution in [2.45, 2.75) is 6.92 Å². The van der Waals surface area contributed by atoms with Crippen LogP contribution in [0.2, 0.25) is 0 Å². The standard InChI is InChI=1S/C18H18O5S/c1-5-23-18(19)13-9-11-15(21-3)10-7-6-8-12(20-2)14(10)16(22-4)17(11)24-13/h6-9H,5H2,1-4H3. The molecule has 0 amide bonds. The van der Waals surface area contributed by atoms with Crippen LogP contribution in [0.4, 0.5) is 0 Å². The van der Waals surface area contributed by atoms with Gasteiger partial charge in [0.05, 0.1) is 38.0 Å². The fourth-order valence-corrected chi connectivity index (χ4v) is 3.91. The Kier molecular flexibility index (Phi) is 4.49. The van der Waals surface area contributed by atoms with Crippen molar-refractivity contribution >= 4 is 38.2 Å². The van der Waals surface area contributed by atoms with Crippen molar-refractivity contribution in [3.8, 4) is 17.2 Å². The van der Waals surface area contributed by atoms with Gasteiger partial charge < -0.3 is 18.9 Å². The molecule has 0 aliphatic heterocycles. The lowest BCUT2D eigenvalue weighted by molar-refractivity contribution is 0.0532. The Morgan fingerprint density at radius 2 is 1.79 bits per heavy atom. The smallest absolute Gasteiger partial charge is 0.348 e. The fourth-order valence-electron chi connectivity index (χ4n) is 2.83. The lowest BCUT2D eigenvalue weighted by Crippen LogP contribution is -2.01. The summed E-state index contributed by atoms with van der Waals surface area (Å²) in [5, 5.41) is 2.52. The van der Waals surface area contributed by atoms with Crippen molar-refractivity contribution in [3.05, 3.63) is 29.1 Å². The zero-order chi connectivity index (χ0) is 17.3. The minimum absolute atomic E-state index is 0.331.